The van der Waals surface area contributed by atoms with Crippen molar-refractivity contribution in [3.05, 3.63) is 68.6 Å². The van der Waals surface area contributed by atoms with Crippen LogP contribution in [0.5, 0.6) is 0 Å². The van der Waals surface area contributed by atoms with Crippen LogP contribution in [-0.4, -0.2) is 35.2 Å². The third kappa shape index (κ3) is 4.44. The molecule has 2 aliphatic heterocycles. The molecule has 0 aliphatic carbocycles. The van der Waals surface area contributed by atoms with Gasteiger partial charge < -0.3 is 4.74 Å². The summed E-state index contributed by atoms with van der Waals surface area (Å²) in [6.07, 6.45) is 4.09. The molecule has 4 rings (SSSR count). The minimum atomic E-state index is 0.00448. The largest absolute Gasteiger partial charge is 0.376 e. The summed E-state index contributed by atoms with van der Waals surface area (Å²) in [5.41, 5.74) is 1.90. The highest BCUT2D eigenvalue weighted by Crippen LogP contribution is 2.35. The minimum absolute atomic E-state index is 0.00448. The van der Waals surface area contributed by atoms with Crippen molar-refractivity contribution in [2.45, 2.75) is 18.9 Å². The smallest absolute Gasteiger partial charge is 0.266 e. The molecule has 0 spiro atoms. The maximum atomic E-state index is 13.1. The number of benzene rings is 2. The monoisotopic (exact) mass is 490 g/mol. The van der Waals surface area contributed by atoms with E-state index >= 15 is 0 Å². The minimum Gasteiger partial charge on any atom is -0.376 e. The van der Waals surface area contributed by atoms with Crippen molar-refractivity contribution in [3.8, 4) is 0 Å². The highest BCUT2D eigenvalue weighted by atomic mass is 127. The van der Waals surface area contributed by atoms with Gasteiger partial charge in [-0.1, -0.05) is 36.4 Å². The molecule has 2 aromatic rings. The summed E-state index contributed by atoms with van der Waals surface area (Å²) in [4.78, 5) is 20.3. The van der Waals surface area contributed by atoms with Gasteiger partial charge in [-0.3, -0.25) is 9.69 Å². The molecule has 2 fully saturated rings. The second-order valence-electron chi connectivity index (χ2n) is 6.41. The number of rotatable bonds is 4. The number of thioether (sulfide) groups is 1. The lowest BCUT2D eigenvalue weighted by Gasteiger charge is -2.19. The summed E-state index contributed by atoms with van der Waals surface area (Å²) in [5, 5.41) is 0.721. The topological polar surface area (TPSA) is 41.9 Å². The number of halogens is 1. The van der Waals surface area contributed by atoms with Gasteiger partial charge in [0.1, 0.15) is 0 Å². The van der Waals surface area contributed by atoms with Crippen LogP contribution in [0.4, 0.5) is 5.69 Å². The number of hydrogen-bond acceptors (Lipinski definition) is 4. The third-order valence-electron chi connectivity index (χ3n) is 4.47. The molecule has 138 valence electrons. The predicted molar refractivity (Wildman–Crippen MR) is 119 cm³/mol. The zero-order chi connectivity index (χ0) is 18.6. The second kappa shape index (κ2) is 8.58. The van der Waals surface area contributed by atoms with Gasteiger partial charge in [0, 0.05) is 10.2 Å². The van der Waals surface area contributed by atoms with Crippen LogP contribution in [-0.2, 0) is 9.53 Å². The summed E-state index contributed by atoms with van der Waals surface area (Å²) in [6, 6.07) is 17.8. The van der Waals surface area contributed by atoms with Crippen molar-refractivity contribution in [2.24, 2.45) is 4.99 Å². The number of nitrogens with zero attached hydrogens (tertiary/aromatic N) is 2. The fourth-order valence-electron chi connectivity index (χ4n) is 3.09. The zero-order valence-electron chi connectivity index (χ0n) is 14.7. The van der Waals surface area contributed by atoms with Gasteiger partial charge >= 0.3 is 0 Å². The fourth-order valence-corrected chi connectivity index (χ4v) is 4.63. The van der Waals surface area contributed by atoms with Gasteiger partial charge in [0.2, 0.25) is 0 Å². The van der Waals surface area contributed by atoms with Gasteiger partial charge in [-0.25, -0.2) is 4.99 Å². The lowest BCUT2D eigenvalue weighted by atomic mass is 10.2. The number of hydrogen-bond donors (Lipinski definition) is 0. The predicted octanol–water partition coefficient (Wildman–Crippen LogP) is 5.07. The first-order valence-corrected chi connectivity index (χ1v) is 10.8. The summed E-state index contributed by atoms with van der Waals surface area (Å²) in [7, 11) is 0. The summed E-state index contributed by atoms with van der Waals surface area (Å²) < 4.78 is 6.88. The van der Waals surface area contributed by atoms with Gasteiger partial charge in [0.25, 0.3) is 5.91 Å². The Balaban J connectivity index is 1.66. The van der Waals surface area contributed by atoms with E-state index in [4.69, 9.17) is 9.73 Å². The summed E-state index contributed by atoms with van der Waals surface area (Å²) >= 11 is 3.73. The number of carbonyl (C=O) groups is 1. The lowest BCUT2D eigenvalue weighted by Crippen LogP contribution is -2.36. The van der Waals surface area contributed by atoms with Gasteiger partial charge in [0.05, 0.1) is 23.2 Å². The van der Waals surface area contributed by atoms with Crippen molar-refractivity contribution >= 4 is 57.2 Å². The molecule has 2 aliphatic rings. The molecule has 1 amide bonds. The van der Waals surface area contributed by atoms with E-state index in [1.807, 2.05) is 60.7 Å². The second-order valence-corrected chi connectivity index (χ2v) is 8.58. The van der Waals surface area contributed by atoms with Crippen molar-refractivity contribution in [1.82, 2.24) is 4.90 Å². The molecular formula is C21H19IN2O2S. The third-order valence-corrected chi connectivity index (χ3v) is 6.46. The van der Waals surface area contributed by atoms with Gasteiger partial charge in [-0.05, 0) is 77.0 Å². The Labute approximate surface area is 176 Å². The summed E-state index contributed by atoms with van der Waals surface area (Å²) in [5.74, 6) is 0.00448. The number of aliphatic imine (C=N–C) groups is 1. The van der Waals surface area contributed by atoms with E-state index in [0.717, 1.165) is 39.4 Å². The average Bonchev–Trinajstić information content (AvgIpc) is 3.29. The lowest BCUT2D eigenvalue weighted by molar-refractivity contribution is -0.123. The molecule has 2 aromatic carbocycles. The summed E-state index contributed by atoms with van der Waals surface area (Å²) in [6.45, 7) is 1.33. The standard InChI is InChI=1S/C21H19IN2O2S/c22-18-11-5-4-7-15(18)13-19-20(25)24(14-17-10-6-12-26-17)21(27-19)23-16-8-2-1-3-9-16/h1-5,7-9,11,13,17H,6,10,12,14H2. The molecule has 0 saturated carbocycles. The Morgan fingerprint density at radius 1 is 1.19 bits per heavy atom. The van der Waals surface area contributed by atoms with Crippen molar-refractivity contribution < 1.29 is 9.53 Å². The van der Waals surface area contributed by atoms with Crippen LogP contribution < -0.4 is 0 Å². The van der Waals surface area contributed by atoms with E-state index in [1.165, 1.54) is 11.8 Å². The molecule has 0 aromatic heterocycles. The van der Waals surface area contributed by atoms with Crippen LogP contribution in [0.1, 0.15) is 18.4 Å². The molecule has 0 bridgehead atoms. The Hall–Kier alpha value is -1.64. The maximum absolute atomic E-state index is 13.1. The Morgan fingerprint density at radius 3 is 2.70 bits per heavy atom. The Morgan fingerprint density at radius 2 is 1.96 bits per heavy atom. The number of para-hydroxylation sites is 1. The molecule has 27 heavy (non-hydrogen) atoms. The SMILES string of the molecule is O=C1C(=Cc2ccccc2I)SC(=Nc2ccccc2)N1CC1CCCO1. The molecule has 2 saturated heterocycles. The normalized spacial score (nSPS) is 22.9. The zero-order valence-corrected chi connectivity index (χ0v) is 17.7. The first-order valence-electron chi connectivity index (χ1n) is 8.92. The van der Waals surface area contributed by atoms with Crippen LogP contribution in [0.25, 0.3) is 6.08 Å². The van der Waals surface area contributed by atoms with Crippen LogP contribution in [0.15, 0.2) is 64.5 Å². The van der Waals surface area contributed by atoms with E-state index in [2.05, 4.69) is 22.6 Å². The van der Waals surface area contributed by atoms with Crippen molar-refractivity contribution in [3.63, 3.8) is 0 Å². The molecule has 0 radical (unpaired) electrons. The van der Waals surface area contributed by atoms with Crippen LogP contribution in [0, 0.1) is 3.57 Å². The average molecular weight is 490 g/mol. The molecule has 0 N–H and O–H groups in total. The van der Waals surface area contributed by atoms with Gasteiger partial charge in [0.15, 0.2) is 5.17 Å². The van der Waals surface area contributed by atoms with E-state index in [9.17, 15) is 4.79 Å². The first-order chi connectivity index (χ1) is 13.2. The number of amidine groups is 1. The van der Waals surface area contributed by atoms with Gasteiger partial charge in [-0.15, -0.1) is 0 Å². The van der Waals surface area contributed by atoms with Crippen molar-refractivity contribution in [2.75, 3.05) is 13.2 Å². The molecule has 2 heterocycles. The van der Waals surface area contributed by atoms with Crippen LogP contribution in [0.2, 0.25) is 0 Å². The highest BCUT2D eigenvalue weighted by molar-refractivity contribution is 14.1. The van der Waals surface area contributed by atoms with E-state index in [-0.39, 0.29) is 12.0 Å². The van der Waals surface area contributed by atoms with E-state index in [0.29, 0.717) is 11.4 Å². The number of carbonyl (C=O) groups excluding carboxylic acids is 1. The fraction of sp³-hybridized carbons (Fsp3) is 0.238. The molecule has 1 atom stereocenters. The van der Waals surface area contributed by atoms with Crippen LogP contribution in [0.3, 0.4) is 0 Å². The molecule has 1 unspecified atom stereocenters. The van der Waals surface area contributed by atoms with Crippen molar-refractivity contribution in [1.29, 1.82) is 0 Å². The number of ether oxygens (including phenoxy) is 1. The van der Waals surface area contributed by atoms with E-state index < -0.39 is 0 Å². The number of amides is 1. The molecule has 6 heteroatoms. The Bertz CT molecular complexity index is 892. The van der Waals surface area contributed by atoms with E-state index in [1.54, 1.807) is 4.90 Å². The molecule has 4 nitrogen and oxygen atoms in total. The van der Waals surface area contributed by atoms with Gasteiger partial charge in [-0.2, -0.15) is 0 Å². The highest BCUT2D eigenvalue weighted by Gasteiger charge is 2.35. The maximum Gasteiger partial charge on any atom is 0.266 e. The van der Waals surface area contributed by atoms with Crippen LogP contribution >= 0.6 is 34.4 Å². The first kappa shape index (κ1) is 18.7. The Kier molecular flexibility index (Phi) is 5.95. The molecular weight excluding hydrogens is 471 g/mol. The quantitative estimate of drug-likeness (QED) is 0.444.